The van der Waals surface area contributed by atoms with Gasteiger partial charge in [0, 0.05) is 18.8 Å². The predicted octanol–water partition coefficient (Wildman–Crippen LogP) is 2.61. The number of nitrogens with one attached hydrogen (secondary N) is 1. The van der Waals surface area contributed by atoms with E-state index in [1.54, 1.807) is 36.9 Å². The largest absolute Gasteiger partial charge is 0.321 e. The maximum Gasteiger partial charge on any atom is 0.277 e. The molecule has 9 heteroatoms. The van der Waals surface area contributed by atoms with Crippen LogP contribution in [0.3, 0.4) is 0 Å². The molecule has 0 aliphatic carbocycles. The van der Waals surface area contributed by atoms with Gasteiger partial charge in [0.25, 0.3) is 5.91 Å². The molecule has 2 aromatic carbocycles. The Morgan fingerprint density at radius 3 is 2.48 bits per heavy atom. The smallest absolute Gasteiger partial charge is 0.277 e. The molecule has 29 heavy (non-hydrogen) atoms. The highest BCUT2D eigenvalue weighted by Crippen LogP contribution is 2.20. The van der Waals surface area contributed by atoms with E-state index in [1.807, 2.05) is 30.3 Å². The average molecular weight is 414 g/mol. The fourth-order valence-electron chi connectivity index (χ4n) is 2.89. The molecule has 3 aromatic rings. The van der Waals surface area contributed by atoms with Crippen LogP contribution in [0.2, 0.25) is 0 Å². The van der Waals surface area contributed by atoms with Crippen molar-refractivity contribution in [3.8, 4) is 0 Å². The number of carbonyl (C=O) groups excluding carboxylic acids is 1. The van der Waals surface area contributed by atoms with E-state index in [9.17, 15) is 13.2 Å². The van der Waals surface area contributed by atoms with Crippen molar-refractivity contribution in [3.63, 3.8) is 0 Å². The zero-order valence-electron chi connectivity index (χ0n) is 16.3. The molecule has 0 fully saturated rings. The molecule has 1 N–H and O–H groups in total. The summed E-state index contributed by atoms with van der Waals surface area (Å²) in [5.41, 5.74) is 1.57. The first-order valence-electron chi connectivity index (χ1n) is 9.29. The van der Waals surface area contributed by atoms with E-state index in [4.69, 9.17) is 0 Å². The molecule has 0 spiro atoms. The van der Waals surface area contributed by atoms with Gasteiger partial charge in [-0.1, -0.05) is 55.5 Å². The van der Waals surface area contributed by atoms with E-state index >= 15 is 0 Å². The van der Waals surface area contributed by atoms with E-state index in [2.05, 4.69) is 15.6 Å². The maximum absolute atomic E-state index is 12.7. The molecule has 0 radical (unpaired) electrons. The second-order valence-electron chi connectivity index (χ2n) is 6.36. The van der Waals surface area contributed by atoms with Crippen LogP contribution < -0.4 is 5.32 Å². The van der Waals surface area contributed by atoms with Gasteiger partial charge >= 0.3 is 0 Å². The minimum Gasteiger partial charge on any atom is -0.321 e. The Hall–Kier alpha value is -3.04. The van der Waals surface area contributed by atoms with Crippen molar-refractivity contribution in [1.82, 2.24) is 19.3 Å². The first-order valence-corrected chi connectivity index (χ1v) is 10.7. The zero-order chi connectivity index (χ0) is 20.9. The second-order valence-corrected chi connectivity index (χ2v) is 8.30. The van der Waals surface area contributed by atoms with E-state index in [1.165, 1.54) is 16.4 Å². The molecule has 1 heterocycles. The molecule has 152 valence electrons. The number of sulfonamides is 1. The van der Waals surface area contributed by atoms with Crippen LogP contribution in [-0.4, -0.2) is 46.7 Å². The number of rotatable bonds is 8. The summed E-state index contributed by atoms with van der Waals surface area (Å²) in [6.07, 6.45) is 1.55. The van der Waals surface area contributed by atoms with Crippen molar-refractivity contribution in [3.05, 3.63) is 72.1 Å². The number of hydrogen-bond acceptors (Lipinski definition) is 5. The van der Waals surface area contributed by atoms with E-state index in [0.29, 0.717) is 25.3 Å². The summed E-state index contributed by atoms with van der Waals surface area (Å²) in [5.74, 6) is -0.457. The summed E-state index contributed by atoms with van der Waals surface area (Å²) < 4.78 is 28.3. The Morgan fingerprint density at radius 1 is 1.07 bits per heavy atom. The first kappa shape index (κ1) is 20.7. The lowest BCUT2D eigenvalue weighted by Crippen LogP contribution is -2.30. The normalized spacial score (nSPS) is 11.6. The molecule has 0 aliphatic heterocycles. The van der Waals surface area contributed by atoms with Crippen molar-refractivity contribution in [2.75, 3.05) is 18.4 Å². The van der Waals surface area contributed by atoms with Crippen LogP contribution in [-0.2, 0) is 16.6 Å². The quantitative estimate of drug-likeness (QED) is 0.612. The molecule has 3 rings (SSSR count). The number of anilines is 1. The highest BCUT2D eigenvalue weighted by molar-refractivity contribution is 7.89. The summed E-state index contributed by atoms with van der Waals surface area (Å²) in [7, 11) is -3.60. The lowest BCUT2D eigenvalue weighted by molar-refractivity contribution is 0.102. The van der Waals surface area contributed by atoms with Crippen molar-refractivity contribution in [2.24, 2.45) is 0 Å². The van der Waals surface area contributed by atoms with Gasteiger partial charge in [0.05, 0.1) is 17.6 Å². The molecular weight excluding hydrogens is 390 g/mol. The number of hydrogen-bond donors (Lipinski definition) is 1. The van der Waals surface area contributed by atoms with Crippen molar-refractivity contribution >= 4 is 21.6 Å². The van der Waals surface area contributed by atoms with Gasteiger partial charge in [-0.2, -0.15) is 4.31 Å². The number of nitrogens with zero attached hydrogens (tertiary/aromatic N) is 4. The lowest BCUT2D eigenvalue weighted by atomic mass is 10.2. The third-order valence-corrected chi connectivity index (χ3v) is 6.44. The fraction of sp³-hybridized carbons (Fsp3) is 0.250. The molecule has 0 unspecified atom stereocenters. The summed E-state index contributed by atoms with van der Waals surface area (Å²) in [6, 6.07) is 15.9. The topological polar surface area (TPSA) is 97.2 Å². The van der Waals surface area contributed by atoms with Crippen LogP contribution in [0.5, 0.6) is 0 Å². The highest BCUT2D eigenvalue weighted by atomic mass is 32.2. The third-order valence-electron chi connectivity index (χ3n) is 4.39. The van der Waals surface area contributed by atoms with Crippen LogP contribution in [0.25, 0.3) is 0 Å². The molecule has 0 aliphatic rings. The number of aromatic nitrogens is 3. The van der Waals surface area contributed by atoms with Gasteiger partial charge in [0.1, 0.15) is 0 Å². The Labute approximate surface area is 170 Å². The maximum atomic E-state index is 12.7. The van der Waals surface area contributed by atoms with Crippen LogP contribution in [0.1, 0.15) is 29.9 Å². The predicted molar refractivity (Wildman–Crippen MR) is 110 cm³/mol. The Bertz CT molecular complexity index is 1080. The SMILES string of the molecule is CCN(CC)S(=O)(=O)c1cccc(NC(=O)c2cn(Cc3ccccc3)nn2)c1. The van der Waals surface area contributed by atoms with Gasteiger partial charge in [-0.15, -0.1) is 5.10 Å². The van der Waals surface area contributed by atoms with Crippen LogP contribution in [0, 0.1) is 0 Å². The van der Waals surface area contributed by atoms with Gasteiger partial charge in [-0.05, 0) is 23.8 Å². The van der Waals surface area contributed by atoms with Gasteiger partial charge in [-0.3, -0.25) is 4.79 Å². The van der Waals surface area contributed by atoms with Gasteiger partial charge in [-0.25, -0.2) is 13.1 Å². The zero-order valence-corrected chi connectivity index (χ0v) is 17.1. The standard InChI is InChI=1S/C20H23N5O3S/c1-3-25(4-2)29(27,28)18-12-8-11-17(13-18)21-20(26)19-15-24(23-22-19)14-16-9-6-5-7-10-16/h5-13,15H,3-4,14H2,1-2H3,(H,21,26). The lowest BCUT2D eigenvalue weighted by Gasteiger charge is -2.18. The summed E-state index contributed by atoms with van der Waals surface area (Å²) in [6.45, 7) is 4.81. The van der Waals surface area contributed by atoms with Gasteiger partial charge in [0.15, 0.2) is 5.69 Å². The molecule has 0 saturated carbocycles. The fourth-order valence-corrected chi connectivity index (χ4v) is 4.40. The van der Waals surface area contributed by atoms with Gasteiger partial charge < -0.3 is 5.32 Å². The van der Waals surface area contributed by atoms with Crippen molar-refractivity contribution in [1.29, 1.82) is 0 Å². The monoisotopic (exact) mass is 413 g/mol. The third kappa shape index (κ3) is 4.87. The molecule has 8 nitrogen and oxygen atoms in total. The van der Waals surface area contributed by atoms with E-state index in [0.717, 1.165) is 5.56 Å². The molecule has 1 amide bonds. The van der Waals surface area contributed by atoms with E-state index in [-0.39, 0.29) is 10.6 Å². The molecule has 0 atom stereocenters. The second kappa shape index (κ2) is 8.97. The molecule has 1 aromatic heterocycles. The number of benzene rings is 2. The molecule has 0 bridgehead atoms. The Balaban J connectivity index is 1.73. The number of carbonyl (C=O) groups is 1. The highest BCUT2D eigenvalue weighted by Gasteiger charge is 2.22. The van der Waals surface area contributed by atoms with Crippen LogP contribution in [0.4, 0.5) is 5.69 Å². The summed E-state index contributed by atoms with van der Waals surface area (Å²) in [5, 5.41) is 10.6. The summed E-state index contributed by atoms with van der Waals surface area (Å²) in [4.78, 5) is 12.6. The molecular formula is C20H23N5O3S. The minimum atomic E-state index is -3.60. The van der Waals surface area contributed by atoms with E-state index < -0.39 is 15.9 Å². The minimum absolute atomic E-state index is 0.131. The Morgan fingerprint density at radius 2 is 1.79 bits per heavy atom. The van der Waals surface area contributed by atoms with Crippen molar-refractivity contribution < 1.29 is 13.2 Å². The van der Waals surface area contributed by atoms with Crippen LogP contribution in [0.15, 0.2) is 65.7 Å². The van der Waals surface area contributed by atoms with Crippen molar-refractivity contribution in [2.45, 2.75) is 25.3 Å². The van der Waals surface area contributed by atoms with Gasteiger partial charge in [0.2, 0.25) is 10.0 Å². The Kier molecular flexibility index (Phi) is 6.40. The molecule has 0 saturated heterocycles. The van der Waals surface area contributed by atoms with Crippen LogP contribution >= 0.6 is 0 Å². The average Bonchev–Trinajstić information content (AvgIpc) is 3.18. The number of amides is 1. The summed E-state index contributed by atoms with van der Waals surface area (Å²) >= 11 is 0. The first-order chi connectivity index (χ1) is 13.9.